The fourth-order valence-corrected chi connectivity index (χ4v) is 4.20. The van der Waals surface area contributed by atoms with Crippen LogP contribution in [-0.4, -0.2) is 41.3 Å². The van der Waals surface area contributed by atoms with E-state index in [1.54, 1.807) is 12.1 Å². The highest BCUT2D eigenvalue weighted by molar-refractivity contribution is 7.15. The first-order valence-electron chi connectivity index (χ1n) is 10.2. The lowest BCUT2D eigenvalue weighted by molar-refractivity contribution is -0.123. The summed E-state index contributed by atoms with van der Waals surface area (Å²) < 4.78 is 11.4. The summed E-state index contributed by atoms with van der Waals surface area (Å²) in [7, 11) is 0. The molecule has 0 bridgehead atoms. The number of nitrogens with zero attached hydrogens (tertiary/aromatic N) is 2. The SMILES string of the molecule is CC(C)NC(=O)COc1cc2ccccc2cc1C(=O)Nc1nnc(C2CCCO2)s1. The number of hydrogen-bond acceptors (Lipinski definition) is 7. The molecule has 1 fully saturated rings. The highest BCUT2D eigenvalue weighted by atomic mass is 32.1. The molecule has 2 heterocycles. The van der Waals surface area contributed by atoms with Gasteiger partial charge in [-0.1, -0.05) is 35.6 Å². The van der Waals surface area contributed by atoms with Crippen LogP contribution in [0.2, 0.25) is 0 Å². The van der Waals surface area contributed by atoms with Gasteiger partial charge in [0.15, 0.2) is 6.61 Å². The van der Waals surface area contributed by atoms with Crippen LogP contribution in [0.15, 0.2) is 36.4 Å². The molecule has 0 radical (unpaired) electrons. The lowest BCUT2D eigenvalue weighted by atomic mass is 10.1. The van der Waals surface area contributed by atoms with E-state index in [9.17, 15) is 9.59 Å². The number of hydrogen-bond donors (Lipinski definition) is 2. The number of aromatic nitrogens is 2. The number of nitrogens with one attached hydrogen (secondary N) is 2. The molecule has 1 saturated heterocycles. The topological polar surface area (TPSA) is 102 Å². The molecule has 2 aromatic carbocycles. The number of carbonyl (C=O) groups is 2. The van der Waals surface area contributed by atoms with E-state index in [4.69, 9.17) is 9.47 Å². The zero-order valence-electron chi connectivity index (χ0n) is 17.4. The largest absolute Gasteiger partial charge is 0.483 e. The molecule has 1 unspecified atom stereocenters. The fraction of sp³-hybridized carbons (Fsp3) is 0.364. The quantitative estimate of drug-likeness (QED) is 0.581. The molecule has 0 saturated carbocycles. The summed E-state index contributed by atoms with van der Waals surface area (Å²) in [4.78, 5) is 25.1. The van der Waals surface area contributed by atoms with Crippen molar-refractivity contribution >= 4 is 39.1 Å². The van der Waals surface area contributed by atoms with Crippen molar-refractivity contribution in [3.63, 3.8) is 0 Å². The molecule has 2 N–H and O–H groups in total. The van der Waals surface area contributed by atoms with Crippen LogP contribution >= 0.6 is 11.3 Å². The van der Waals surface area contributed by atoms with Crippen molar-refractivity contribution in [1.82, 2.24) is 15.5 Å². The number of carbonyl (C=O) groups excluding carboxylic acids is 2. The van der Waals surface area contributed by atoms with Crippen LogP contribution in [0.4, 0.5) is 5.13 Å². The van der Waals surface area contributed by atoms with Crippen molar-refractivity contribution in [2.45, 2.75) is 38.8 Å². The molecule has 31 heavy (non-hydrogen) atoms. The molecule has 8 nitrogen and oxygen atoms in total. The second-order valence-electron chi connectivity index (χ2n) is 7.61. The molecule has 1 atom stereocenters. The Hall–Kier alpha value is -3.04. The summed E-state index contributed by atoms with van der Waals surface area (Å²) in [6, 6.07) is 11.2. The molecule has 4 rings (SSSR count). The molecule has 1 aromatic heterocycles. The minimum Gasteiger partial charge on any atom is -0.483 e. The van der Waals surface area contributed by atoms with E-state index in [1.165, 1.54) is 11.3 Å². The lowest BCUT2D eigenvalue weighted by Gasteiger charge is -2.13. The van der Waals surface area contributed by atoms with Gasteiger partial charge in [0.1, 0.15) is 16.9 Å². The number of rotatable bonds is 7. The van der Waals surface area contributed by atoms with Gasteiger partial charge in [0.05, 0.1) is 5.56 Å². The Morgan fingerprint density at radius 2 is 2.00 bits per heavy atom. The Morgan fingerprint density at radius 1 is 1.23 bits per heavy atom. The van der Waals surface area contributed by atoms with Crippen LogP contribution in [0.5, 0.6) is 5.75 Å². The molecular weight excluding hydrogens is 416 g/mol. The zero-order valence-corrected chi connectivity index (χ0v) is 18.2. The Labute approximate surface area is 184 Å². The van der Waals surface area contributed by atoms with Gasteiger partial charge in [-0.05, 0) is 49.6 Å². The van der Waals surface area contributed by atoms with Crippen molar-refractivity contribution < 1.29 is 19.1 Å². The first-order chi connectivity index (χ1) is 15.0. The molecule has 2 amide bonds. The van der Waals surface area contributed by atoms with E-state index in [-0.39, 0.29) is 30.6 Å². The zero-order chi connectivity index (χ0) is 21.8. The molecule has 1 aliphatic rings. The highest BCUT2D eigenvalue weighted by Gasteiger charge is 2.23. The van der Waals surface area contributed by atoms with Crippen molar-refractivity contribution in [3.8, 4) is 5.75 Å². The summed E-state index contributed by atoms with van der Waals surface area (Å²) in [6.07, 6.45) is 1.85. The van der Waals surface area contributed by atoms with Gasteiger partial charge < -0.3 is 14.8 Å². The molecule has 0 aliphatic carbocycles. The van der Waals surface area contributed by atoms with Crippen LogP contribution in [0, 0.1) is 0 Å². The Morgan fingerprint density at radius 3 is 2.71 bits per heavy atom. The summed E-state index contributed by atoms with van der Waals surface area (Å²) in [6.45, 7) is 4.28. The van der Waals surface area contributed by atoms with Crippen molar-refractivity contribution in [1.29, 1.82) is 0 Å². The predicted molar refractivity (Wildman–Crippen MR) is 119 cm³/mol. The maximum Gasteiger partial charge on any atom is 0.261 e. The summed E-state index contributed by atoms with van der Waals surface area (Å²) in [5, 5.41) is 16.8. The normalized spacial score (nSPS) is 15.9. The first kappa shape index (κ1) is 21.2. The van der Waals surface area contributed by atoms with Crippen LogP contribution in [0.3, 0.4) is 0 Å². The van der Waals surface area contributed by atoms with Crippen LogP contribution in [0.1, 0.15) is 48.2 Å². The highest BCUT2D eigenvalue weighted by Crippen LogP contribution is 2.33. The minimum absolute atomic E-state index is 0.00548. The summed E-state index contributed by atoms with van der Waals surface area (Å²) in [5.74, 6) is -0.293. The smallest absolute Gasteiger partial charge is 0.261 e. The molecule has 9 heteroatoms. The van der Waals surface area contributed by atoms with Crippen LogP contribution in [0.25, 0.3) is 10.8 Å². The maximum absolute atomic E-state index is 13.0. The average Bonchev–Trinajstić information content (AvgIpc) is 3.43. The Balaban J connectivity index is 1.55. The van der Waals surface area contributed by atoms with E-state index < -0.39 is 0 Å². The summed E-state index contributed by atoms with van der Waals surface area (Å²) in [5.41, 5.74) is 0.324. The minimum atomic E-state index is -0.375. The van der Waals surface area contributed by atoms with E-state index in [0.29, 0.717) is 23.1 Å². The van der Waals surface area contributed by atoms with Crippen LogP contribution < -0.4 is 15.4 Å². The Kier molecular flexibility index (Phi) is 6.43. The number of ether oxygens (including phenoxy) is 2. The Bertz CT molecular complexity index is 1090. The van der Waals surface area contributed by atoms with Gasteiger partial charge in [-0.3, -0.25) is 14.9 Å². The lowest BCUT2D eigenvalue weighted by Crippen LogP contribution is -2.34. The van der Waals surface area contributed by atoms with Crippen molar-refractivity contribution in [2.24, 2.45) is 0 Å². The van der Waals surface area contributed by atoms with Gasteiger partial charge in [0.25, 0.3) is 11.8 Å². The third kappa shape index (κ3) is 5.18. The standard InChI is InChI=1S/C22H24N4O4S/c1-13(2)23-19(27)12-30-18-11-15-7-4-3-6-14(15)10-16(18)20(28)24-22-26-25-21(31-22)17-8-5-9-29-17/h3-4,6-7,10-11,13,17H,5,8-9,12H2,1-2H3,(H,23,27)(H,24,26,28). The predicted octanol–water partition coefficient (Wildman–Crippen LogP) is 3.70. The third-order valence-corrected chi connectivity index (χ3v) is 5.70. The third-order valence-electron chi connectivity index (χ3n) is 4.77. The monoisotopic (exact) mass is 440 g/mol. The van der Waals surface area contributed by atoms with Gasteiger partial charge in [0, 0.05) is 12.6 Å². The average molecular weight is 441 g/mol. The van der Waals surface area contributed by atoms with Crippen molar-refractivity contribution in [3.05, 3.63) is 47.0 Å². The van der Waals surface area contributed by atoms with E-state index in [0.717, 1.165) is 28.6 Å². The van der Waals surface area contributed by atoms with E-state index >= 15 is 0 Å². The molecule has 1 aliphatic heterocycles. The van der Waals surface area contributed by atoms with Gasteiger partial charge >= 0.3 is 0 Å². The van der Waals surface area contributed by atoms with E-state index in [2.05, 4.69) is 20.8 Å². The maximum atomic E-state index is 13.0. The molecule has 3 aromatic rings. The van der Waals surface area contributed by atoms with Crippen LogP contribution in [-0.2, 0) is 9.53 Å². The second kappa shape index (κ2) is 9.40. The number of fused-ring (bicyclic) bond motifs is 1. The number of amides is 2. The molecule has 0 spiro atoms. The van der Waals surface area contributed by atoms with Crippen molar-refractivity contribution in [2.75, 3.05) is 18.5 Å². The van der Waals surface area contributed by atoms with E-state index in [1.807, 2.05) is 38.1 Å². The van der Waals surface area contributed by atoms with Gasteiger partial charge in [-0.15, -0.1) is 10.2 Å². The first-order valence-corrected chi connectivity index (χ1v) is 11.0. The second-order valence-corrected chi connectivity index (χ2v) is 8.62. The number of benzene rings is 2. The van der Waals surface area contributed by atoms with Gasteiger partial charge in [-0.2, -0.15) is 0 Å². The molecular formula is C22H24N4O4S. The van der Waals surface area contributed by atoms with Gasteiger partial charge in [-0.25, -0.2) is 0 Å². The fourth-order valence-electron chi connectivity index (χ4n) is 3.38. The molecule has 162 valence electrons. The number of anilines is 1. The summed E-state index contributed by atoms with van der Waals surface area (Å²) >= 11 is 1.30. The van der Waals surface area contributed by atoms with Gasteiger partial charge in [0.2, 0.25) is 5.13 Å².